The van der Waals surface area contributed by atoms with Crippen molar-refractivity contribution in [1.29, 1.82) is 0 Å². The molecule has 1 aromatic carbocycles. The standard InChI is InChI=1S/C13H18N2O5S/c1-4-11(13(17)18)14-12(16)9-6-5-7-10(8-9)21(19,20)15(2)3/h5-8,11H,4H2,1-3H3,(H,14,16)(H,17,18). The van der Waals surface area contributed by atoms with Crippen LogP contribution in [-0.4, -0.2) is 49.8 Å². The number of aliphatic carboxylic acids is 1. The summed E-state index contributed by atoms with van der Waals surface area (Å²) in [7, 11) is -0.869. The van der Waals surface area contributed by atoms with Crippen LogP contribution in [0.4, 0.5) is 0 Å². The molecule has 0 aliphatic heterocycles. The van der Waals surface area contributed by atoms with Gasteiger partial charge in [-0.1, -0.05) is 13.0 Å². The van der Waals surface area contributed by atoms with Crippen molar-refractivity contribution in [2.45, 2.75) is 24.3 Å². The highest BCUT2D eigenvalue weighted by atomic mass is 32.2. The van der Waals surface area contributed by atoms with Gasteiger partial charge in [-0.15, -0.1) is 0 Å². The first kappa shape index (κ1) is 17.1. The summed E-state index contributed by atoms with van der Waals surface area (Å²) in [6, 6.07) is 4.46. The molecule has 0 heterocycles. The molecular formula is C13H18N2O5S. The lowest BCUT2D eigenvalue weighted by Crippen LogP contribution is -2.40. The normalized spacial score (nSPS) is 13.0. The number of sulfonamides is 1. The molecule has 1 atom stereocenters. The Bertz CT molecular complexity index is 640. The zero-order valence-corrected chi connectivity index (χ0v) is 12.8. The van der Waals surface area contributed by atoms with E-state index < -0.39 is 27.9 Å². The predicted octanol–water partition coefficient (Wildman–Crippen LogP) is 0.530. The van der Waals surface area contributed by atoms with Crippen LogP contribution >= 0.6 is 0 Å². The van der Waals surface area contributed by atoms with Gasteiger partial charge in [-0.3, -0.25) is 4.79 Å². The van der Waals surface area contributed by atoms with E-state index in [0.29, 0.717) is 0 Å². The zero-order chi connectivity index (χ0) is 16.2. The largest absolute Gasteiger partial charge is 0.480 e. The monoisotopic (exact) mass is 314 g/mol. The van der Waals surface area contributed by atoms with Gasteiger partial charge in [-0.2, -0.15) is 0 Å². The average Bonchev–Trinajstić information content (AvgIpc) is 2.44. The fourth-order valence-electron chi connectivity index (χ4n) is 1.59. The van der Waals surface area contributed by atoms with Crippen LogP contribution in [0.5, 0.6) is 0 Å². The SMILES string of the molecule is CCC(NC(=O)c1cccc(S(=O)(=O)N(C)C)c1)C(=O)O. The molecule has 21 heavy (non-hydrogen) atoms. The van der Waals surface area contributed by atoms with Gasteiger partial charge in [0.15, 0.2) is 0 Å². The number of carbonyl (C=O) groups is 2. The highest BCUT2D eigenvalue weighted by molar-refractivity contribution is 7.89. The molecule has 1 rings (SSSR count). The Balaban J connectivity index is 3.06. The van der Waals surface area contributed by atoms with Crippen molar-refractivity contribution in [3.63, 3.8) is 0 Å². The van der Waals surface area contributed by atoms with E-state index in [0.717, 1.165) is 4.31 Å². The minimum Gasteiger partial charge on any atom is -0.480 e. The number of amides is 1. The van der Waals surface area contributed by atoms with Crippen LogP contribution in [0, 0.1) is 0 Å². The second-order valence-corrected chi connectivity index (χ2v) is 6.74. The van der Waals surface area contributed by atoms with Crippen LogP contribution in [0.15, 0.2) is 29.2 Å². The number of hydrogen-bond donors (Lipinski definition) is 2. The quantitative estimate of drug-likeness (QED) is 0.797. The van der Waals surface area contributed by atoms with Gasteiger partial charge in [-0.25, -0.2) is 17.5 Å². The van der Waals surface area contributed by atoms with E-state index in [1.807, 2.05) is 0 Å². The van der Waals surface area contributed by atoms with E-state index in [2.05, 4.69) is 5.32 Å². The maximum Gasteiger partial charge on any atom is 0.326 e. The van der Waals surface area contributed by atoms with Crippen molar-refractivity contribution in [2.24, 2.45) is 0 Å². The van der Waals surface area contributed by atoms with E-state index >= 15 is 0 Å². The molecule has 1 amide bonds. The molecule has 0 aliphatic rings. The van der Waals surface area contributed by atoms with Crippen LogP contribution in [0.2, 0.25) is 0 Å². The molecule has 1 unspecified atom stereocenters. The topological polar surface area (TPSA) is 104 Å². The number of nitrogens with zero attached hydrogens (tertiary/aromatic N) is 1. The van der Waals surface area contributed by atoms with Crippen molar-refractivity contribution < 1.29 is 23.1 Å². The second kappa shape index (κ2) is 6.68. The molecule has 7 nitrogen and oxygen atoms in total. The third-order valence-electron chi connectivity index (χ3n) is 2.89. The number of rotatable bonds is 6. The van der Waals surface area contributed by atoms with E-state index in [9.17, 15) is 18.0 Å². The first-order valence-corrected chi connectivity index (χ1v) is 7.70. The Kier molecular flexibility index (Phi) is 5.45. The van der Waals surface area contributed by atoms with Gasteiger partial charge in [0, 0.05) is 19.7 Å². The molecule has 0 bridgehead atoms. The van der Waals surface area contributed by atoms with Crippen LogP contribution in [0.25, 0.3) is 0 Å². The number of nitrogens with one attached hydrogen (secondary N) is 1. The summed E-state index contributed by atoms with van der Waals surface area (Å²) >= 11 is 0. The van der Waals surface area contributed by atoms with Crippen molar-refractivity contribution >= 4 is 21.9 Å². The third-order valence-corrected chi connectivity index (χ3v) is 4.70. The van der Waals surface area contributed by atoms with Crippen molar-refractivity contribution in [3.05, 3.63) is 29.8 Å². The molecule has 1 aromatic rings. The van der Waals surface area contributed by atoms with Gasteiger partial charge in [0.25, 0.3) is 5.91 Å². The Morgan fingerprint density at radius 1 is 1.33 bits per heavy atom. The number of carbonyl (C=O) groups excluding carboxylic acids is 1. The molecule has 0 radical (unpaired) electrons. The van der Waals surface area contributed by atoms with Crippen LogP contribution in [0.3, 0.4) is 0 Å². The molecule has 0 spiro atoms. The summed E-state index contributed by atoms with van der Waals surface area (Å²) in [5, 5.41) is 11.3. The molecular weight excluding hydrogens is 296 g/mol. The Morgan fingerprint density at radius 2 is 1.95 bits per heavy atom. The smallest absolute Gasteiger partial charge is 0.326 e. The van der Waals surface area contributed by atoms with Gasteiger partial charge >= 0.3 is 5.97 Å². The lowest BCUT2D eigenvalue weighted by molar-refractivity contribution is -0.139. The molecule has 0 saturated carbocycles. The van der Waals surface area contributed by atoms with Crippen molar-refractivity contribution in [2.75, 3.05) is 14.1 Å². The number of carboxylic acids is 1. The molecule has 2 N–H and O–H groups in total. The third kappa shape index (κ3) is 4.02. The Labute approximate surface area is 123 Å². The van der Waals surface area contributed by atoms with Gasteiger partial charge in [0.1, 0.15) is 6.04 Å². The maximum absolute atomic E-state index is 12.0. The molecule has 8 heteroatoms. The highest BCUT2D eigenvalue weighted by Crippen LogP contribution is 2.15. The predicted molar refractivity (Wildman–Crippen MR) is 76.5 cm³/mol. The van der Waals surface area contributed by atoms with Crippen LogP contribution in [-0.2, 0) is 14.8 Å². The minimum atomic E-state index is -3.65. The maximum atomic E-state index is 12.0. The summed E-state index contributed by atoms with van der Waals surface area (Å²) in [6.45, 7) is 1.63. The first-order chi connectivity index (χ1) is 9.70. The Morgan fingerprint density at radius 3 is 2.43 bits per heavy atom. The lowest BCUT2D eigenvalue weighted by atomic mass is 10.1. The molecule has 0 aliphatic carbocycles. The average molecular weight is 314 g/mol. The van der Waals surface area contributed by atoms with E-state index in [4.69, 9.17) is 5.11 Å². The summed E-state index contributed by atoms with van der Waals surface area (Å²) in [4.78, 5) is 22.9. The van der Waals surface area contributed by atoms with Crippen molar-refractivity contribution in [3.8, 4) is 0 Å². The van der Waals surface area contributed by atoms with E-state index in [-0.39, 0.29) is 16.9 Å². The van der Waals surface area contributed by atoms with Gasteiger partial charge in [0.2, 0.25) is 10.0 Å². The number of carboxylic acid groups (broad SMARTS) is 1. The van der Waals surface area contributed by atoms with Crippen LogP contribution in [0.1, 0.15) is 23.7 Å². The van der Waals surface area contributed by atoms with Gasteiger partial charge in [-0.05, 0) is 24.6 Å². The zero-order valence-electron chi connectivity index (χ0n) is 12.0. The molecule has 116 valence electrons. The fraction of sp³-hybridized carbons (Fsp3) is 0.385. The highest BCUT2D eigenvalue weighted by Gasteiger charge is 2.21. The first-order valence-electron chi connectivity index (χ1n) is 6.26. The van der Waals surface area contributed by atoms with Gasteiger partial charge in [0.05, 0.1) is 4.90 Å². The van der Waals surface area contributed by atoms with E-state index in [1.165, 1.54) is 38.4 Å². The summed E-state index contributed by atoms with van der Waals surface area (Å²) < 4.78 is 25.0. The second-order valence-electron chi connectivity index (χ2n) is 4.59. The summed E-state index contributed by atoms with van der Waals surface area (Å²) in [6.07, 6.45) is 0.233. The number of hydrogen-bond acceptors (Lipinski definition) is 4. The summed E-state index contributed by atoms with van der Waals surface area (Å²) in [5.41, 5.74) is 0.0950. The summed E-state index contributed by atoms with van der Waals surface area (Å²) in [5.74, 6) is -1.76. The number of benzene rings is 1. The fourth-order valence-corrected chi connectivity index (χ4v) is 2.54. The Hall–Kier alpha value is -1.93. The lowest BCUT2D eigenvalue weighted by Gasteiger charge is -2.14. The molecule has 0 saturated heterocycles. The van der Waals surface area contributed by atoms with Crippen LogP contribution < -0.4 is 5.32 Å². The minimum absolute atomic E-state index is 0.0245. The van der Waals surface area contributed by atoms with E-state index in [1.54, 1.807) is 6.92 Å². The van der Waals surface area contributed by atoms with Gasteiger partial charge < -0.3 is 10.4 Å². The molecule has 0 fully saturated rings. The molecule has 0 aromatic heterocycles. The van der Waals surface area contributed by atoms with Crippen molar-refractivity contribution in [1.82, 2.24) is 9.62 Å².